The Morgan fingerprint density at radius 3 is 2.95 bits per heavy atom. The maximum atomic E-state index is 4.48. The van der Waals surface area contributed by atoms with Crippen molar-refractivity contribution >= 4 is 21.6 Å². The molecule has 0 aromatic carbocycles. The van der Waals surface area contributed by atoms with Gasteiger partial charge >= 0.3 is 0 Å². The predicted octanol–water partition coefficient (Wildman–Crippen LogP) is 3.15. The summed E-state index contributed by atoms with van der Waals surface area (Å²) in [6, 6.07) is 0. The maximum absolute atomic E-state index is 4.48. The molecule has 0 aliphatic heterocycles. The summed E-state index contributed by atoms with van der Waals surface area (Å²) >= 11 is 1.84. The number of aromatic nitrogens is 4. The van der Waals surface area contributed by atoms with Crippen LogP contribution in [0.4, 0.5) is 0 Å². The zero-order valence-corrected chi connectivity index (χ0v) is 11.4. The number of rotatable bonds is 1. The summed E-state index contributed by atoms with van der Waals surface area (Å²) in [5, 5.41) is 1.24. The maximum Gasteiger partial charge on any atom is 0.150 e. The van der Waals surface area contributed by atoms with Crippen molar-refractivity contribution in [3.8, 4) is 5.82 Å². The fraction of sp³-hybridized carbons (Fsp3) is 0.357. The van der Waals surface area contributed by atoms with E-state index in [0.717, 1.165) is 17.1 Å². The molecule has 0 atom stereocenters. The first-order chi connectivity index (χ1) is 9.43. The minimum absolute atomic E-state index is 0.974. The number of thiophene rings is 1. The van der Waals surface area contributed by atoms with Crippen molar-refractivity contribution in [2.75, 3.05) is 0 Å². The standard InChI is InChI=1S/C14H14N4S/c1-2-4-10-11(5-3-1)19-14-12(10)13(16-8-17-14)18-7-6-15-9-18/h6-9H,1-5H2. The molecule has 0 amide bonds. The lowest BCUT2D eigenvalue weighted by atomic mass is 10.1. The lowest BCUT2D eigenvalue weighted by Gasteiger charge is -2.05. The van der Waals surface area contributed by atoms with Crippen molar-refractivity contribution < 1.29 is 0 Å². The molecular weight excluding hydrogens is 256 g/mol. The van der Waals surface area contributed by atoms with Crippen LogP contribution < -0.4 is 0 Å². The molecule has 0 N–H and O–H groups in total. The van der Waals surface area contributed by atoms with Gasteiger partial charge in [0.15, 0.2) is 0 Å². The van der Waals surface area contributed by atoms with E-state index in [-0.39, 0.29) is 0 Å². The average molecular weight is 270 g/mol. The summed E-state index contributed by atoms with van der Waals surface area (Å²) in [6.07, 6.45) is 13.5. The van der Waals surface area contributed by atoms with Crippen molar-refractivity contribution in [2.24, 2.45) is 0 Å². The molecule has 0 fully saturated rings. The average Bonchev–Trinajstić information content (AvgIpc) is 3.02. The molecule has 0 saturated heterocycles. The number of aryl methyl sites for hydroxylation is 2. The van der Waals surface area contributed by atoms with Crippen molar-refractivity contribution in [1.29, 1.82) is 0 Å². The van der Waals surface area contributed by atoms with Crippen LogP contribution in [-0.4, -0.2) is 19.5 Å². The van der Waals surface area contributed by atoms with Crippen molar-refractivity contribution in [3.05, 3.63) is 35.5 Å². The Balaban J connectivity index is 2.01. The molecule has 4 nitrogen and oxygen atoms in total. The molecule has 1 aliphatic rings. The van der Waals surface area contributed by atoms with Crippen LogP contribution in [0.25, 0.3) is 16.0 Å². The molecule has 3 heterocycles. The van der Waals surface area contributed by atoms with Crippen LogP contribution in [0.15, 0.2) is 25.0 Å². The van der Waals surface area contributed by atoms with E-state index in [1.807, 2.05) is 28.4 Å². The van der Waals surface area contributed by atoms with Gasteiger partial charge in [0.05, 0.1) is 5.39 Å². The molecule has 1 aliphatic carbocycles. The first-order valence-corrected chi connectivity index (χ1v) is 7.49. The molecule has 0 bridgehead atoms. The van der Waals surface area contributed by atoms with Gasteiger partial charge in [0.1, 0.15) is 23.3 Å². The highest BCUT2D eigenvalue weighted by molar-refractivity contribution is 7.18. The predicted molar refractivity (Wildman–Crippen MR) is 75.8 cm³/mol. The van der Waals surface area contributed by atoms with Crippen LogP contribution in [0.5, 0.6) is 0 Å². The molecule has 3 aromatic rings. The number of fused-ring (bicyclic) bond motifs is 3. The second-order valence-corrected chi connectivity index (χ2v) is 6.00. The first-order valence-electron chi connectivity index (χ1n) is 6.67. The van der Waals surface area contributed by atoms with E-state index in [2.05, 4.69) is 15.0 Å². The third kappa shape index (κ3) is 1.76. The Kier molecular flexibility index (Phi) is 2.58. The van der Waals surface area contributed by atoms with Gasteiger partial charge < -0.3 is 0 Å². The van der Waals surface area contributed by atoms with E-state index < -0.39 is 0 Å². The van der Waals surface area contributed by atoms with Crippen LogP contribution in [-0.2, 0) is 12.8 Å². The lowest BCUT2D eigenvalue weighted by Crippen LogP contribution is -1.97. The Bertz CT molecular complexity index is 714. The summed E-state index contributed by atoms with van der Waals surface area (Å²) in [5.74, 6) is 0.974. The van der Waals surface area contributed by atoms with E-state index in [9.17, 15) is 0 Å². The largest absolute Gasteiger partial charge is 0.290 e. The zero-order chi connectivity index (χ0) is 12.7. The van der Waals surface area contributed by atoms with Gasteiger partial charge in [0.25, 0.3) is 0 Å². The fourth-order valence-corrected chi connectivity index (χ4v) is 4.05. The topological polar surface area (TPSA) is 43.6 Å². The van der Waals surface area contributed by atoms with Gasteiger partial charge in [0, 0.05) is 17.3 Å². The van der Waals surface area contributed by atoms with Gasteiger partial charge in [-0.3, -0.25) is 4.57 Å². The third-order valence-electron chi connectivity index (χ3n) is 3.73. The van der Waals surface area contributed by atoms with Crippen LogP contribution in [0.3, 0.4) is 0 Å². The highest BCUT2D eigenvalue weighted by atomic mass is 32.1. The molecule has 96 valence electrons. The van der Waals surface area contributed by atoms with E-state index in [0.29, 0.717) is 0 Å². The number of imidazole rings is 1. The normalized spacial score (nSPS) is 15.4. The quantitative estimate of drug-likeness (QED) is 0.638. The summed E-state index contributed by atoms with van der Waals surface area (Å²) in [7, 11) is 0. The minimum atomic E-state index is 0.974. The third-order valence-corrected chi connectivity index (χ3v) is 4.93. The second kappa shape index (κ2) is 4.42. The molecular formula is C14H14N4S. The summed E-state index contributed by atoms with van der Waals surface area (Å²) in [5.41, 5.74) is 1.47. The smallest absolute Gasteiger partial charge is 0.150 e. The van der Waals surface area contributed by atoms with Gasteiger partial charge in [-0.05, 0) is 31.2 Å². The second-order valence-electron chi connectivity index (χ2n) is 4.91. The van der Waals surface area contributed by atoms with Gasteiger partial charge in [-0.25, -0.2) is 15.0 Å². The molecule has 0 radical (unpaired) electrons. The monoisotopic (exact) mass is 270 g/mol. The van der Waals surface area contributed by atoms with E-state index in [4.69, 9.17) is 0 Å². The molecule has 0 unspecified atom stereocenters. The molecule has 0 saturated carbocycles. The summed E-state index contributed by atoms with van der Waals surface area (Å²) < 4.78 is 1.99. The number of nitrogens with zero attached hydrogens (tertiary/aromatic N) is 4. The Morgan fingerprint density at radius 2 is 2.05 bits per heavy atom. The van der Waals surface area contributed by atoms with Gasteiger partial charge in [0.2, 0.25) is 0 Å². The number of hydrogen-bond donors (Lipinski definition) is 0. The molecule has 19 heavy (non-hydrogen) atoms. The highest BCUT2D eigenvalue weighted by Gasteiger charge is 2.19. The van der Waals surface area contributed by atoms with Crippen molar-refractivity contribution in [2.45, 2.75) is 32.1 Å². The van der Waals surface area contributed by atoms with Crippen molar-refractivity contribution in [3.63, 3.8) is 0 Å². The van der Waals surface area contributed by atoms with Crippen LogP contribution in [0.2, 0.25) is 0 Å². The van der Waals surface area contributed by atoms with Gasteiger partial charge in [-0.15, -0.1) is 11.3 Å². The van der Waals surface area contributed by atoms with Gasteiger partial charge in [-0.1, -0.05) is 6.42 Å². The van der Waals surface area contributed by atoms with Crippen LogP contribution in [0.1, 0.15) is 29.7 Å². The number of hydrogen-bond acceptors (Lipinski definition) is 4. The Labute approximate surface area is 115 Å². The fourth-order valence-electron chi connectivity index (χ4n) is 2.83. The highest BCUT2D eigenvalue weighted by Crippen LogP contribution is 2.36. The molecule has 3 aromatic heterocycles. The molecule has 0 spiro atoms. The molecule has 5 heteroatoms. The zero-order valence-electron chi connectivity index (χ0n) is 10.5. The summed E-state index contributed by atoms with van der Waals surface area (Å²) in [4.78, 5) is 15.7. The first kappa shape index (κ1) is 11.1. The van der Waals surface area contributed by atoms with Crippen LogP contribution in [0, 0.1) is 0 Å². The van der Waals surface area contributed by atoms with Crippen molar-refractivity contribution in [1.82, 2.24) is 19.5 Å². The lowest BCUT2D eigenvalue weighted by molar-refractivity contribution is 0.713. The SMILES string of the molecule is c1cn(-c2ncnc3sc4c(c23)CCCCC4)cn1. The summed E-state index contributed by atoms with van der Waals surface area (Å²) in [6.45, 7) is 0. The van der Waals surface area contributed by atoms with Crippen LogP contribution >= 0.6 is 11.3 Å². The van der Waals surface area contributed by atoms with E-state index >= 15 is 0 Å². The minimum Gasteiger partial charge on any atom is -0.290 e. The van der Waals surface area contributed by atoms with E-state index in [1.54, 1.807) is 12.5 Å². The Morgan fingerprint density at radius 1 is 1.11 bits per heavy atom. The van der Waals surface area contributed by atoms with E-state index in [1.165, 1.54) is 41.5 Å². The van der Waals surface area contributed by atoms with Gasteiger partial charge in [-0.2, -0.15) is 0 Å². The Hall–Kier alpha value is -1.75. The molecule has 4 rings (SSSR count).